The summed E-state index contributed by atoms with van der Waals surface area (Å²) in [6, 6.07) is 15.2. The van der Waals surface area contributed by atoms with Gasteiger partial charge in [0.15, 0.2) is 5.82 Å². The first-order valence-electron chi connectivity index (χ1n) is 13.3. The molecule has 0 aliphatic carbocycles. The van der Waals surface area contributed by atoms with E-state index in [4.69, 9.17) is 14.2 Å². The van der Waals surface area contributed by atoms with Crippen LogP contribution in [-0.2, 0) is 11.3 Å². The Kier molecular flexibility index (Phi) is 7.16. The van der Waals surface area contributed by atoms with Gasteiger partial charge < -0.3 is 24.1 Å². The van der Waals surface area contributed by atoms with Crippen molar-refractivity contribution in [2.45, 2.75) is 31.5 Å². The van der Waals surface area contributed by atoms with E-state index < -0.39 is 6.04 Å². The molecule has 2 fully saturated rings. The number of para-hydroxylation sites is 2. The minimum Gasteiger partial charge on any atom is -0.497 e. The molecule has 1 N–H and O–H groups in total. The number of ether oxygens (including phenoxy) is 3. The van der Waals surface area contributed by atoms with Crippen LogP contribution in [0, 0.1) is 0 Å². The van der Waals surface area contributed by atoms with Crippen LogP contribution in [0.15, 0.2) is 53.3 Å². The smallest absolute Gasteiger partial charge is 0.253 e. The zero-order chi connectivity index (χ0) is 26.8. The van der Waals surface area contributed by atoms with Crippen LogP contribution in [-0.4, -0.2) is 83.2 Å². The van der Waals surface area contributed by atoms with Gasteiger partial charge in [-0.25, -0.2) is 4.68 Å². The summed E-state index contributed by atoms with van der Waals surface area (Å²) in [4.78, 5) is 21.2. The molecule has 2 aliphatic heterocycles. The predicted molar refractivity (Wildman–Crippen MR) is 147 cm³/mol. The molecule has 0 radical (unpaired) electrons. The van der Waals surface area contributed by atoms with Crippen LogP contribution >= 0.6 is 0 Å². The highest BCUT2D eigenvalue weighted by Crippen LogP contribution is 2.32. The third kappa shape index (κ3) is 5.07. The number of hydrogen-bond acceptors (Lipinski definition) is 9. The highest BCUT2D eigenvalue weighted by molar-refractivity contribution is 5.80. The number of rotatable bonds is 8. The average molecular weight is 532 g/mol. The summed E-state index contributed by atoms with van der Waals surface area (Å²) in [5.41, 5.74) is 2.26. The first-order valence-corrected chi connectivity index (χ1v) is 13.3. The molecule has 6 rings (SSSR count). The Bertz CT molecular complexity index is 1490. The van der Waals surface area contributed by atoms with Crippen molar-refractivity contribution in [2.24, 2.45) is 0 Å². The van der Waals surface area contributed by atoms with Crippen LogP contribution in [0.3, 0.4) is 0 Å². The van der Waals surface area contributed by atoms with Crippen molar-refractivity contribution in [2.75, 3.05) is 51.9 Å². The lowest BCUT2D eigenvalue weighted by Crippen LogP contribution is -2.49. The normalized spacial score (nSPS) is 18.9. The van der Waals surface area contributed by atoms with E-state index >= 15 is 0 Å². The number of nitrogens with one attached hydrogen (secondary N) is 1. The second-order valence-corrected chi connectivity index (χ2v) is 9.96. The fourth-order valence-corrected chi connectivity index (χ4v) is 5.66. The van der Waals surface area contributed by atoms with Crippen molar-refractivity contribution >= 4 is 16.6 Å². The van der Waals surface area contributed by atoms with Crippen LogP contribution < -0.4 is 19.9 Å². The number of methoxy groups -OCH3 is 2. The summed E-state index contributed by atoms with van der Waals surface area (Å²) < 4.78 is 18.7. The largest absolute Gasteiger partial charge is 0.497 e. The molecule has 2 aromatic carbocycles. The molecule has 0 saturated carbocycles. The number of tetrazole rings is 1. The molecule has 11 heteroatoms. The lowest BCUT2D eigenvalue weighted by Gasteiger charge is -2.40. The number of hydrogen-bond donors (Lipinski definition) is 1. The third-order valence-electron chi connectivity index (χ3n) is 7.68. The van der Waals surface area contributed by atoms with E-state index in [1.165, 1.54) is 0 Å². The molecule has 11 nitrogen and oxygen atoms in total. The monoisotopic (exact) mass is 531 g/mol. The van der Waals surface area contributed by atoms with Crippen molar-refractivity contribution in [3.05, 3.63) is 70.3 Å². The number of fused-ring (bicyclic) bond motifs is 1. The van der Waals surface area contributed by atoms with Crippen LogP contribution in [0.25, 0.3) is 10.9 Å². The van der Waals surface area contributed by atoms with Gasteiger partial charge >= 0.3 is 0 Å². The molecule has 4 heterocycles. The Morgan fingerprint density at radius 2 is 1.92 bits per heavy atom. The second kappa shape index (κ2) is 11.0. The maximum atomic E-state index is 13.5. The van der Waals surface area contributed by atoms with Gasteiger partial charge in [-0.3, -0.25) is 9.69 Å². The summed E-state index contributed by atoms with van der Waals surface area (Å²) in [7, 11) is 3.33. The van der Waals surface area contributed by atoms with Gasteiger partial charge in [-0.1, -0.05) is 12.1 Å². The van der Waals surface area contributed by atoms with E-state index in [0.29, 0.717) is 31.0 Å². The minimum atomic E-state index is -0.430. The topological polar surface area (TPSA) is 111 Å². The van der Waals surface area contributed by atoms with E-state index in [2.05, 4.69) is 36.4 Å². The van der Waals surface area contributed by atoms with Gasteiger partial charge in [-0.15, -0.1) is 5.10 Å². The number of aromatic nitrogens is 5. The molecule has 0 bridgehead atoms. The zero-order valence-corrected chi connectivity index (χ0v) is 22.2. The van der Waals surface area contributed by atoms with Gasteiger partial charge in [-0.05, 0) is 59.7 Å². The molecule has 4 aromatic rings. The maximum Gasteiger partial charge on any atom is 0.253 e. The summed E-state index contributed by atoms with van der Waals surface area (Å²) in [6.07, 6.45) is 2.06. The Hall–Kier alpha value is -3.96. The summed E-state index contributed by atoms with van der Waals surface area (Å²) >= 11 is 0. The summed E-state index contributed by atoms with van der Waals surface area (Å²) in [6.45, 7) is 4.27. The predicted octanol–water partition coefficient (Wildman–Crippen LogP) is 2.62. The molecule has 0 amide bonds. The average Bonchev–Trinajstić information content (AvgIpc) is 3.66. The van der Waals surface area contributed by atoms with Crippen molar-refractivity contribution in [3.8, 4) is 11.5 Å². The minimum absolute atomic E-state index is 0.0643. The van der Waals surface area contributed by atoms with Gasteiger partial charge in [0.1, 0.15) is 17.5 Å². The van der Waals surface area contributed by atoms with Gasteiger partial charge in [0, 0.05) is 49.3 Å². The lowest BCUT2D eigenvalue weighted by atomic mass is 10.0. The lowest BCUT2D eigenvalue weighted by molar-refractivity contribution is 0.0906. The third-order valence-corrected chi connectivity index (χ3v) is 7.68. The number of pyridine rings is 1. The molecule has 0 unspecified atom stereocenters. The van der Waals surface area contributed by atoms with Crippen LogP contribution in [0.2, 0.25) is 0 Å². The van der Waals surface area contributed by atoms with Crippen LogP contribution in [0.4, 0.5) is 5.69 Å². The summed E-state index contributed by atoms with van der Waals surface area (Å²) in [5.74, 6) is 2.22. The molecule has 0 spiro atoms. The number of piperazine rings is 1. The molecule has 39 heavy (non-hydrogen) atoms. The molecular weight excluding hydrogens is 498 g/mol. The fraction of sp³-hybridized carbons (Fsp3) is 0.429. The van der Waals surface area contributed by atoms with Gasteiger partial charge in [-0.2, -0.15) is 0 Å². The number of nitrogens with zero attached hydrogens (tertiary/aromatic N) is 6. The fourth-order valence-electron chi connectivity index (χ4n) is 5.66. The Labute approximate surface area is 226 Å². The van der Waals surface area contributed by atoms with Crippen molar-refractivity contribution < 1.29 is 14.2 Å². The van der Waals surface area contributed by atoms with Crippen LogP contribution in [0.1, 0.15) is 30.3 Å². The van der Waals surface area contributed by atoms with Crippen LogP contribution in [0.5, 0.6) is 11.5 Å². The highest BCUT2D eigenvalue weighted by atomic mass is 16.5. The van der Waals surface area contributed by atoms with Gasteiger partial charge in [0.2, 0.25) is 0 Å². The van der Waals surface area contributed by atoms with Crippen molar-refractivity contribution in [1.82, 2.24) is 30.1 Å². The standard InChI is InChI=1S/C28H33N7O4/c1-37-20-9-10-23-19(16-20)17-22(28(36)29-23)26(27-30-31-32-35(27)18-21-6-5-15-39-21)34-13-11-33(12-14-34)24-7-3-4-8-25(24)38-2/h3-4,7-10,16-17,21,26H,5-6,11-15,18H2,1-2H3,(H,29,36)/t21-,26-/m1/s1. The van der Waals surface area contributed by atoms with E-state index in [1.807, 2.05) is 47.1 Å². The Morgan fingerprint density at radius 3 is 2.69 bits per heavy atom. The quantitative estimate of drug-likeness (QED) is 0.367. The SMILES string of the molecule is COc1ccc2[nH]c(=O)c([C@H](c3nnnn3C[C@H]3CCCO3)N3CCN(c4ccccc4OC)CC3)cc2c1. The number of aromatic amines is 1. The molecule has 204 valence electrons. The molecule has 2 saturated heterocycles. The van der Waals surface area contributed by atoms with E-state index in [1.54, 1.807) is 14.2 Å². The number of anilines is 1. The van der Waals surface area contributed by atoms with Crippen molar-refractivity contribution in [1.29, 1.82) is 0 Å². The number of benzene rings is 2. The first kappa shape index (κ1) is 25.3. The van der Waals surface area contributed by atoms with E-state index in [0.717, 1.165) is 60.6 Å². The van der Waals surface area contributed by atoms with Gasteiger partial charge in [0.25, 0.3) is 5.56 Å². The molecule has 2 aliphatic rings. The first-order chi connectivity index (χ1) is 19.1. The van der Waals surface area contributed by atoms with E-state index in [9.17, 15) is 4.79 Å². The highest BCUT2D eigenvalue weighted by Gasteiger charge is 2.34. The second-order valence-electron chi connectivity index (χ2n) is 9.96. The van der Waals surface area contributed by atoms with E-state index in [-0.39, 0.29) is 11.7 Å². The molecule has 2 aromatic heterocycles. The Balaban J connectivity index is 1.37. The zero-order valence-electron chi connectivity index (χ0n) is 22.2. The molecule has 2 atom stereocenters. The molecular formula is C28H33N7O4. The maximum absolute atomic E-state index is 13.5. The number of H-pyrrole nitrogens is 1. The van der Waals surface area contributed by atoms with Crippen molar-refractivity contribution in [3.63, 3.8) is 0 Å². The Morgan fingerprint density at radius 1 is 1.08 bits per heavy atom. The summed E-state index contributed by atoms with van der Waals surface area (Å²) in [5, 5.41) is 13.7. The van der Waals surface area contributed by atoms with Gasteiger partial charge in [0.05, 0.1) is 32.6 Å².